The first-order chi connectivity index (χ1) is 7.36. The van der Waals surface area contributed by atoms with Gasteiger partial charge in [0.05, 0.1) is 0 Å². The molecule has 0 bridgehead atoms. The van der Waals surface area contributed by atoms with Crippen molar-refractivity contribution in [2.24, 2.45) is 11.7 Å². The van der Waals surface area contributed by atoms with E-state index in [-0.39, 0.29) is 11.6 Å². The molecule has 1 unspecified atom stereocenters. The van der Waals surface area contributed by atoms with Crippen LogP contribution in [0.4, 0.5) is 0 Å². The summed E-state index contributed by atoms with van der Waals surface area (Å²) in [4.78, 5) is 2.47. The molecular formula is C14H32N2. The largest absolute Gasteiger partial charge is 0.326 e. The molecule has 0 aliphatic carbocycles. The zero-order valence-electron chi connectivity index (χ0n) is 12.2. The summed E-state index contributed by atoms with van der Waals surface area (Å²) < 4.78 is 0. The normalized spacial score (nSPS) is 14.8. The van der Waals surface area contributed by atoms with Crippen molar-refractivity contribution in [2.75, 3.05) is 13.1 Å². The summed E-state index contributed by atoms with van der Waals surface area (Å²) in [5.41, 5.74) is 6.47. The summed E-state index contributed by atoms with van der Waals surface area (Å²) in [6, 6.07) is 0.283. The van der Waals surface area contributed by atoms with Gasteiger partial charge in [-0.3, -0.25) is 4.90 Å². The minimum Gasteiger partial charge on any atom is -0.326 e. The molecule has 0 aromatic heterocycles. The molecule has 1 atom stereocenters. The molecule has 0 saturated carbocycles. The molecule has 98 valence electrons. The van der Waals surface area contributed by atoms with Gasteiger partial charge in [-0.25, -0.2) is 0 Å². The molecule has 2 heteroatoms. The first-order valence-electron chi connectivity index (χ1n) is 6.86. The van der Waals surface area contributed by atoms with Crippen molar-refractivity contribution < 1.29 is 0 Å². The number of hydrogen-bond acceptors (Lipinski definition) is 2. The molecule has 0 aliphatic rings. The molecule has 0 aliphatic heterocycles. The van der Waals surface area contributed by atoms with E-state index in [1.165, 1.54) is 12.8 Å². The molecule has 0 aromatic carbocycles. The van der Waals surface area contributed by atoms with E-state index in [2.05, 4.69) is 46.4 Å². The highest BCUT2D eigenvalue weighted by Gasteiger charge is 2.30. The van der Waals surface area contributed by atoms with E-state index in [1.54, 1.807) is 0 Å². The standard InChI is InChI=1S/C14H32N2/c1-7-16(8-2)14(5,6)13(15)11-9-10-12(3)4/h12-13H,7-11,15H2,1-6H3. The number of rotatable bonds is 8. The molecule has 0 amide bonds. The van der Waals surface area contributed by atoms with Crippen LogP contribution in [0.3, 0.4) is 0 Å². The van der Waals surface area contributed by atoms with Gasteiger partial charge in [-0.15, -0.1) is 0 Å². The first kappa shape index (κ1) is 15.9. The number of likely N-dealkylation sites (N-methyl/N-ethyl adjacent to an activating group) is 1. The van der Waals surface area contributed by atoms with Crippen LogP contribution in [0.5, 0.6) is 0 Å². The molecule has 2 N–H and O–H groups in total. The Morgan fingerprint density at radius 1 is 1.06 bits per heavy atom. The highest BCUT2D eigenvalue weighted by molar-refractivity contribution is 4.90. The summed E-state index contributed by atoms with van der Waals surface area (Å²) >= 11 is 0. The minimum atomic E-state index is 0.125. The van der Waals surface area contributed by atoms with Crippen molar-refractivity contribution in [2.45, 2.75) is 72.4 Å². The summed E-state index contributed by atoms with van der Waals surface area (Å²) in [6.07, 6.45) is 3.69. The van der Waals surface area contributed by atoms with Gasteiger partial charge in [0.25, 0.3) is 0 Å². The SMILES string of the molecule is CCN(CC)C(C)(C)C(N)CCCC(C)C. The van der Waals surface area contributed by atoms with Gasteiger partial charge in [-0.2, -0.15) is 0 Å². The first-order valence-corrected chi connectivity index (χ1v) is 6.86. The zero-order chi connectivity index (χ0) is 12.8. The van der Waals surface area contributed by atoms with Crippen LogP contribution in [0.15, 0.2) is 0 Å². The minimum absolute atomic E-state index is 0.125. The lowest BCUT2D eigenvalue weighted by Crippen LogP contribution is -2.55. The Bertz CT molecular complexity index is 172. The summed E-state index contributed by atoms with van der Waals surface area (Å²) in [5, 5.41) is 0. The molecule has 0 spiro atoms. The lowest BCUT2D eigenvalue weighted by atomic mass is 9.88. The van der Waals surface area contributed by atoms with Gasteiger partial charge in [0, 0.05) is 11.6 Å². The van der Waals surface area contributed by atoms with Crippen molar-refractivity contribution in [3.63, 3.8) is 0 Å². The maximum atomic E-state index is 6.35. The maximum absolute atomic E-state index is 6.35. The van der Waals surface area contributed by atoms with E-state index in [0.717, 1.165) is 25.4 Å². The van der Waals surface area contributed by atoms with Crippen LogP contribution in [0.25, 0.3) is 0 Å². The Kier molecular flexibility index (Phi) is 7.25. The monoisotopic (exact) mass is 228 g/mol. The van der Waals surface area contributed by atoms with Gasteiger partial charge in [0.2, 0.25) is 0 Å². The van der Waals surface area contributed by atoms with Crippen molar-refractivity contribution >= 4 is 0 Å². The second kappa shape index (κ2) is 7.29. The molecule has 0 aromatic rings. The van der Waals surface area contributed by atoms with E-state index in [0.29, 0.717) is 0 Å². The molecule has 0 radical (unpaired) electrons. The van der Waals surface area contributed by atoms with Crippen molar-refractivity contribution in [3.8, 4) is 0 Å². The predicted molar refractivity (Wildman–Crippen MR) is 73.7 cm³/mol. The summed E-state index contributed by atoms with van der Waals surface area (Å²) in [5.74, 6) is 0.795. The fraction of sp³-hybridized carbons (Fsp3) is 1.00. The van der Waals surface area contributed by atoms with E-state index < -0.39 is 0 Å². The van der Waals surface area contributed by atoms with Gasteiger partial charge in [0.1, 0.15) is 0 Å². The quantitative estimate of drug-likeness (QED) is 0.691. The highest BCUT2D eigenvalue weighted by Crippen LogP contribution is 2.21. The maximum Gasteiger partial charge on any atom is 0.0303 e. The molecule has 0 rings (SSSR count). The van der Waals surface area contributed by atoms with E-state index >= 15 is 0 Å². The van der Waals surface area contributed by atoms with Crippen LogP contribution in [0, 0.1) is 5.92 Å². The molecule has 0 heterocycles. The molecule has 2 nitrogen and oxygen atoms in total. The fourth-order valence-electron chi connectivity index (χ4n) is 2.37. The topological polar surface area (TPSA) is 29.3 Å². The highest BCUT2D eigenvalue weighted by atomic mass is 15.2. The van der Waals surface area contributed by atoms with Crippen molar-refractivity contribution in [1.82, 2.24) is 4.90 Å². The van der Waals surface area contributed by atoms with Crippen LogP contribution in [-0.4, -0.2) is 29.6 Å². The zero-order valence-corrected chi connectivity index (χ0v) is 12.2. The third-order valence-corrected chi connectivity index (χ3v) is 3.78. The second-order valence-electron chi connectivity index (χ2n) is 5.76. The Hall–Kier alpha value is -0.0800. The Morgan fingerprint density at radius 3 is 1.94 bits per heavy atom. The van der Waals surface area contributed by atoms with Crippen LogP contribution >= 0.6 is 0 Å². The van der Waals surface area contributed by atoms with Crippen LogP contribution in [0.2, 0.25) is 0 Å². The molecular weight excluding hydrogens is 196 g/mol. The summed E-state index contributed by atoms with van der Waals surface area (Å²) in [6.45, 7) is 15.7. The van der Waals surface area contributed by atoms with E-state index in [9.17, 15) is 0 Å². The average Bonchev–Trinajstić information content (AvgIpc) is 2.18. The molecule has 0 fully saturated rings. The average molecular weight is 228 g/mol. The van der Waals surface area contributed by atoms with Gasteiger partial charge in [-0.1, -0.05) is 40.5 Å². The van der Waals surface area contributed by atoms with Crippen molar-refractivity contribution in [3.05, 3.63) is 0 Å². The third-order valence-electron chi connectivity index (χ3n) is 3.78. The van der Waals surface area contributed by atoms with Crippen LogP contribution in [-0.2, 0) is 0 Å². The van der Waals surface area contributed by atoms with Gasteiger partial charge < -0.3 is 5.73 Å². The van der Waals surface area contributed by atoms with Crippen molar-refractivity contribution in [1.29, 1.82) is 0 Å². The second-order valence-corrected chi connectivity index (χ2v) is 5.76. The lowest BCUT2D eigenvalue weighted by molar-refractivity contribution is 0.102. The molecule has 0 saturated heterocycles. The van der Waals surface area contributed by atoms with E-state index in [1.807, 2.05) is 0 Å². The van der Waals surface area contributed by atoms with Gasteiger partial charge >= 0.3 is 0 Å². The van der Waals surface area contributed by atoms with Gasteiger partial charge in [0.15, 0.2) is 0 Å². The van der Waals surface area contributed by atoms with Gasteiger partial charge in [-0.05, 0) is 39.3 Å². The lowest BCUT2D eigenvalue weighted by Gasteiger charge is -2.42. The Balaban J connectivity index is 4.17. The number of nitrogens with two attached hydrogens (primary N) is 1. The third kappa shape index (κ3) is 4.84. The fourth-order valence-corrected chi connectivity index (χ4v) is 2.37. The predicted octanol–water partition coefficient (Wildman–Crippen LogP) is 3.26. The summed E-state index contributed by atoms with van der Waals surface area (Å²) in [7, 11) is 0. The van der Waals surface area contributed by atoms with Crippen LogP contribution < -0.4 is 5.73 Å². The smallest absolute Gasteiger partial charge is 0.0303 e. The van der Waals surface area contributed by atoms with Crippen LogP contribution in [0.1, 0.15) is 60.8 Å². The van der Waals surface area contributed by atoms with E-state index in [4.69, 9.17) is 5.73 Å². The molecule has 16 heavy (non-hydrogen) atoms. The number of hydrogen-bond donors (Lipinski definition) is 1. The Morgan fingerprint density at radius 2 is 1.56 bits per heavy atom. The number of nitrogens with zero attached hydrogens (tertiary/aromatic N) is 1. The Labute approximate surface area is 103 Å².